The summed E-state index contributed by atoms with van der Waals surface area (Å²) in [6.45, 7) is 1.96. The van der Waals surface area contributed by atoms with E-state index in [2.05, 4.69) is 5.32 Å². The molecule has 1 heterocycles. The number of nitrogens with one attached hydrogen (secondary N) is 1. The van der Waals surface area contributed by atoms with Crippen molar-refractivity contribution in [2.75, 3.05) is 7.11 Å². The van der Waals surface area contributed by atoms with Gasteiger partial charge >= 0.3 is 0 Å². The molecule has 5 heteroatoms. The molecule has 0 radical (unpaired) electrons. The average Bonchev–Trinajstić information content (AvgIpc) is 2.92. The quantitative estimate of drug-likeness (QED) is 0.718. The first-order valence-electron chi connectivity index (χ1n) is 7.22. The summed E-state index contributed by atoms with van der Waals surface area (Å²) in [6, 6.07) is 15.4. The summed E-state index contributed by atoms with van der Waals surface area (Å²) in [5, 5.41) is 4.36. The molecule has 0 aliphatic heterocycles. The minimum Gasteiger partial charge on any atom is -0.497 e. The number of carbonyl (C=O) groups excluding carboxylic acids is 1. The van der Waals surface area contributed by atoms with E-state index in [1.165, 1.54) is 11.3 Å². The van der Waals surface area contributed by atoms with Gasteiger partial charge < -0.3 is 10.1 Å². The van der Waals surface area contributed by atoms with Gasteiger partial charge in [-0.3, -0.25) is 4.79 Å². The third-order valence-corrected chi connectivity index (χ3v) is 5.35. The number of hydrogen-bond donors (Lipinski definition) is 1. The lowest BCUT2D eigenvalue weighted by atomic mass is 10.1. The Hall–Kier alpha value is -2.04. The molecule has 1 atom stereocenters. The Kier molecular flexibility index (Phi) is 4.55. The fourth-order valence-electron chi connectivity index (χ4n) is 2.41. The Morgan fingerprint density at radius 3 is 2.65 bits per heavy atom. The summed E-state index contributed by atoms with van der Waals surface area (Å²) < 4.78 is 6.15. The lowest BCUT2D eigenvalue weighted by Gasteiger charge is -2.13. The van der Waals surface area contributed by atoms with E-state index in [1.807, 2.05) is 55.5 Å². The highest BCUT2D eigenvalue weighted by atomic mass is 35.5. The van der Waals surface area contributed by atoms with Crippen LogP contribution >= 0.6 is 22.9 Å². The van der Waals surface area contributed by atoms with Crippen LogP contribution in [-0.4, -0.2) is 13.0 Å². The van der Waals surface area contributed by atoms with E-state index >= 15 is 0 Å². The second-order valence-corrected chi connectivity index (χ2v) is 6.64. The normalized spacial score (nSPS) is 12.1. The van der Waals surface area contributed by atoms with Gasteiger partial charge in [0.25, 0.3) is 5.91 Å². The molecule has 2 aromatic carbocycles. The van der Waals surface area contributed by atoms with Crippen molar-refractivity contribution in [2.45, 2.75) is 13.0 Å². The predicted molar refractivity (Wildman–Crippen MR) is 95.7 cm³/mol. The van der Waals surface area contributed by atoms with Crippen molar-refractivity contribution in [1.29, 1.82) is 0 Å². The molecule has 0 fully saturated rings. The standard InChI is InChI=1S/C18H16ClNO2S/c1-11(12-6-4-3-5-7-12)20-18(21)17-16(19)14-9-8-13(22-2)10-15(14)23-17/h3-11H,1-2H3,(H,20,21)/t11-/m1/s1. The average molecular weight is 346 g/mol. The second kappa shape index (κ2) is 6.60. The van der Waals surface area contributed by atoms with Crippen LogP contribution in [-0.2, 0) is 0 Å². The molecule has 23 heavy (non-hydrogen) atoms. The van der Waals surface area contributed by atoms with Crippen molar-refractivity contribution in [3.8, 4) is 5.75 Å². The lowest BCUT2D eigenvalue weighted by Crippen LogP contribution is -2.26. The van der Waals surface area contributed by atoms with E-state index in [0.29, 0.717) is 9.90 Å². The molecule has 1 N–H and O–H groups in total. The number of benzene rings is 2. The summed E-state index contributed by atoms with van der Waals surface area (Å²) in [7, 11) is 1.62. The van der Waals surface area contributed by atoms with Gasteiger partial charge in [-0.2, -0.15) is 0 Å². The second-order valence-electron chi connectivity index (χ2n) is 5.21. The third-order valence-electron chi connectivity index (χ3n) is 3.69. The van der Waals surface area contributed by atoms with Crippen molar-refractivity contribution >= 4 is 38.9 Å². The Labute approximate surface area is 143 Å². The molecule has 0 aliphatic carbocycles. The van der Waals surface area contributed by atoms with E-state index < -0.39 is 0 Å². The van der Waals surface area contributed by atoms with Gasteiger partial charge in [-0.25, -0.2) is 0 Å². The molecule has 0 spiro atoms. The highest BCUT2D eigenvalue weighted by molar-refractivity contribution is 7.21. The zero-order valence-corrected chi connectivity index (χ0v) is 14.4. The molecule has 3 nitrogen and oxygen atoms in total. The molecular weight excluding hydrogens is 330 g/mol. The van der Waals surface area contributed by atoms with Crippen molar-refractivity contribution < 1.29 is 9.53 Å². The van der Waals surface area contributed by atoms with Gasteiger partial charge in [0, 0.05) is 10.1 Å². The molecular formula is C18H16ClNO2S. The van der Waals surface area contributed by atoms with Crippen molar-refractivity contribution in [2.24, 2.45) is 0 Å². The molecule has 1 aromatic heterocycles. The number of rotatable bonds is 4. The molecule has 118 valence electrons. The molecule has 0 saturated carbocycles. The highest BCUT2D eigenvalue weighted by Gasteiger charge is 2.19. The SMILES string of the molecule is COc1ccc2c(Cl)c(C(=O)N[C@H](C)c3ccccc3)sc2c1. The first kappa shape index (κ1) is 15.8. The van der Waals surface area contributed by atoms with Crippen LogP contribution in [0.5, 0.6) is 5.75 Å². The van der Waals surface area contributed by atoms with Crippen LogP contribution in [0.15, 0.2) is 48.5 Å². The van der Waals surface area contributed by atoms with Crippen molar-refractivity contribution in [3.05, 3.63) is 64.0 Å². The van der Waals surface area contributed by atoms with Crippen LogP contribution in [0, 0.1) is 0 Å². The van der Waals surface area contributed by atoms with E-state index in [1.54, 1.807) is 7.11 Å². The first-order chi connectivity index (χ1) is 11.1. The van der Waals surface area contributed by atoms with Crippen LogP contribution in [0.25, 0.3) is 10.1 Å². The Morgan fingerprint density at radius 1 is 1.22 bits per heavy atom. The summed E-state index contributed by atoms with van der Waals surface area (Å²) in [4.78, 5) is 13.1. The van der Waals surface area contributed by atoms with Gasteiger partial charge in [-0.15, -0.1) is 11.3 Å². The topological polar surface area (TPSA) is 38.3 Å². The maximum atomic E-state index is 12.6. The van der Waals surface area contributed by atoms with Gasteiger partial charge in [0.1, 0.15) is 10.6 Å². The van der Waals surface area contributed by atoms with Crippen LogP contribution in [0.2, 0.25) is 5.02 Å². The minimum atomic E-state index is -0.161. The smallest absolute Gasteiger partial charge is 0.263 e. The highest BCUT2D eigenvalue weighted by Crippen LogP contribution is 2.37. The van der Waals surface area contributed by atoms with Gasteiger partial charge in [0.2, 0.25) is 0 Å². The molecule has 0 saturated heterocycles. The van der Waals surface area contributed by atoms with Gasteiger partial charge in [-0.1, -0.05) is 41.9 Å². The third kappa shape index (κ3) is 3.19. The first-order valence-corrected chi connectivity index (χ1v) is 8.41. The van der Waals surface area contributed by atoms with E-state index in [0.717, 1.165) is 21.4 Å². The largest absolute Gasteiger partial charge is 0.497 e. The van der Waals surface area contributed by atoms with Crippen molar-refractivity contribution in [3.63, 3.8) is 0 Å². The van der Waals surface area contributed by atoms with E-state index in [-0.39, 0.29) is 11.9 Å². The number of amides is 1. The maximum absolute atomic E-state index is 12.6. The van der Waals surface area contributed by atoms with Crippen LogP contribution < -0.4 is 10.1 Å². The summed E-state index contributed by atoms with van der Waals surface area (Å²) in [5.41, 5.74) is 1.06. The fourth-order valence-corrected chi connectivity index (χ4v) is 3.85. The summed E-state index contributed by atoms with van der Waals surface area (Å²) >= 11 is 7.76. The number of hydrogen-bond acceptors (Lipinski definition) is 3. The van der Waals surface area contributed by atoms with Crippen LogP contribution in [0.3, 0.4) is 0 Å². The zero-order chi connectivity index (χ0) is 16.4. The zero-order valence-electron chi connectivity index (χ0n) is 12.8. The Balaban J connectivity index is 1.87. The van der Waals surface area contributed by atoms with Gasteiger partial charge in [0.15, 0.2) is 0 Å². The number of carbonyl (C=O) groups is 1. The van der Waals surface area contributed by atoms with Crippen LogP contribution in [0.1, 0.15) is 28.2 Å². The van der Waals surface area contributed by atoms with E-state index in [9.17, 15) is 4.79 Å². The van der Waals surface area contributed by atoms with E-state index in [4.69, 9.17) is 16.3 Å². The lowest BCUT2D eigenvalue weighted by molar-refractivity contribution is 0.0944. The summed E-state index contributed by atoms with van der Waals surface area (Å²) in [5.74, 6) is 0.589. The minimum absolute atomic E-state index is 0.0838. The summed E-state index contributed by atoms with van der Waals surface area (Å²) in [6.07, 6.45) is 0. The van der Waals surface area contributed by atoms with Crippen molar-refractivity contribution in [1.82, 2.24) is 5.32 Å². The number of thiophene rings is 1. The number of methoxy groups -OCH3 is 1. The monoisotopic (exact) mass is 345 g/mol. The van der Waals surface area contributed by atoms with Gasteiger partial charge in [-0.05, 0) is 30.7 Å². The fraction of sp³-hybridized carbons (Fsp3) is 0.167. The van der Waals surface area contributed by atoms with Crippen LogP contribution in [0.4, 0.5) is 0 Å². The predicted octanol–water partition coefficient (Wildman–Crippen LogP) is 5.05. The molecule has 3 rings (SSSR count). The maximum Gasteiger partial charge on any atom is 0.263 e. The van der Waals surface area contributed by atoms with Gasteiger partial charge in [0.05, 0.1) is 18.2 Å². The molecule has 0 unspecified atom stereocenters. The Morgan fingerprint density at radius 2 is 1.96 bits per heavy atom. The number of halogens is 1. The molecule has 0 bridgehead atoms. The molecule has 1 amide bonds. The number of ether oxygens (including phenoxy) is 1. The Bertz CT molecular complexity index is 845. The molecule has 3 aromatic rings. The molecule has 0 aliphatic rings. The number of fused-ring (bicyclic) bond motifs is 1.